The van der Waals surface area contributed by atoms with Gasteiger partial charge in [0.2, 0.25) is 0 Å². The van der Waals surface area contributed by atoms with Gasteiger partial charge in [0.1, 0.15) is 0 Å². The van der Waals surface area contributed by atoms with Gasteiger partial charge in [0, 0.05) is 12.8 Å². The van der Waals surface area contributed by atoms with Gasteiger partial charge in [-0.05, 0) is 25.6 Å². The SMILES string of the molecule is Cc1cccc(CN2C(=O)OC3(CCNCC3)C2=O)c1. The van der Waals surface area contributed by atoms with Gasteiger partial charge in [-0.25, -0.2) is 9.69 Å². The lowest BCUT2D eigenvalue weighted by molar-refractivity contribution is -0.139. The molecule has 3 rings (SSSR count). The number of rotatable bonds is 2. The molecule has 0 atom stereocenters. The summed E-state index contributed by atoms with van der Waals surface area (Å²) in [5.41, 5.74) is 1.13. The summed E-state index contributed by atoms with van der Waals surface area (Å²) in [6.45, 7) is 3.69. The number of hydrogen-bond donors (Lipinski definition) is 1. The average molecular weight is 274 g/mol. The van der Waals surface area contributed by atoms with Crippen LogP contribution in [0.2, 0.25) is 0 Å². The van der Waals surface area contributed by atoms with Crippen LogP contribution in [0.4, 0.5) is 4.79 Å². The normalized spacial score (nSPS) is 21.4. The zero-order chi connectivity index (χ0) is 14.2. The molecule has 0 aliphatic carbocycles. The molecule has 2 fully saturated rings. The first-order chi connectivity index (χ1) is 9.61. The van der Waals surface area contributed by atoms with E-state index >= 15 is 0 Å². The van der Waals surface area contributed by atoms with E-state index in [-0.39, 0.29) is 12.5 Å². The van der Waals surface area contributed by atoms with Crippen LogP contribution < -0.4 is 5.32 Å². The number of nitrogens with one attached hydrogen (secondary N) is 1. The number of piperidine rings is 1. The summed E-state index contributed by atoms with van der Waals surface area (Å²) < 4.78 is 5.41. The monoisotopic (exact) mass is 274 g/mol. The van der Waals surface area contributed by atoms with Gasteiger partial charge in [-0.15, -0.1) is 0 Å². The van der Waals surface area contributed by atoms with E-state index in [2.05, 4.69) is 5.32 Å². The third-order valence-electron chi connectivity index (χ3n) is 3.97. The molecule has 2 aliphatic heterocycles. The molecule has 0 unspecified atom stereocenters. The summed E-state index contributed by atoms with van der Waals surface area (Å²) in [6, 6.07) is 7.81. The Kier molecular flexibility index (Phi) is 3.22. The van der Waals surface area contributed by atoms with Crippen molar-refractivity contribution in [1.29, 1.82) is 0 Å². The van der Waals surface area contributed by atoms with Crippen molar-refractivity contribution in [3.05, 3.63) is 35.4 Å². The third-order valence-corrected chi connectivity index (χ3v) is 3.97. The fourth-order valence-corrected chi connectivity index (χ4v) is 2.87. The molecule has 5 nitrogen and oxygen atoms in total. The predicted octanol–water partition coefficient (Wildman–Crippen LogP) is 1.60. The fraction of sp³-hybridized carbons (Fsp3) is 0.467. The minimum absolute atomic E-state index is 0.189. The molecule has 1 aromatic carbocycles. The molecular formula is C15H18N2O3. The fourth-order valence-electron chi connectivity index (χ4n) is 2.87. The van der Waals surface area contributed by atoms with Crippen molar-refractivity contribution in [3.8, 4) is 0 Å². The lowest BCUT2D eigenvalue weighted by Gasteiger charge is -2.29. The van der Waals surface area contributed by atoms with Crippen molar-refractivity contribution in [1.82, 2.24) is 10.2 Å². The van der Waals surface area contributed by atoms with Crippen LogP contribution in [0.5, 0.6) is 0 Å². The Bertz CT molecular complexity index is 550. The van der Waals surface area contributed by atoms with Gasteiger partial charge >= 0.3 is 6.09 Å². The van der Waals surface area contributed by atoms with Crippen LogP contribution in [-0.4, -0.2) is 35.6 Å². The maximum atomic E-state index is 12.5. The first-order valence-corrected chi connectivity index (χ1v) is 6.92. The van der Waals surface area contributed by atoms with Crippen molar-refractivity contribution >= 4 is 12.0 Å². The lowest BCUT2D eigenvalue weighted by atomic mass is 9.91. The zero-order valence-electron chi connectivity index (χ0n) is 11.5. The van der Waals surface area contributed by atoms with Crippen LogP contribution in [0.3, 0.4) is 0 Å². The Balaban J connectivity index is 1.80. The highest BCUT2D eigenvalue weighted by atomic mass is 16.6. The van der Waals surface area contributed by atoms with Gasteiger partial charge in [-0.2, -0.15) is 0 Å². The summed E-state index contributed by atoms with van der Waals surface area (Å²) in [7, 11) is 0. The topological polar surface area (TPSA) is 58.6 Å². The van der Waals surface area contributed by atoms with Crippen molar-refractivity contribution in [3.63, 3.8) is 0 Å². The van der Waals surface area contributed by atoms with E-state index in [9.17, 15) is 9.59 Å². The first-order valence-electron chi connectivity index (χ1n) is 6.92. The van der Waals surface area contributed by atoms with Crippen LogP contribution >= 0.6 is 0 Å². The Morgan fingerprint density at radius 1 is 1.30 bits per heavy atom. The standard InChI is InChI=1S/C15H18N2O3/c1-11-3-2-4-12(9-11)10-17-13(18)15(20-14(17)19)5-7-16-8-6-15/h2-4,9,16H,5-8,10H2,1H3. The third kappa shape index (κ3) is 2.18. The number of amides is 2. The second-order valence-corrected chi connectivity index (χ2v) is 5.49. The second-order valence-electron chi connectivity index (χ2n) is 5.49. The first kappa shape index (κ1) is 13.1. The molecule has 1 aromatic rings. The highest BCUT2D eigenvalue weighted by Gasteiger charge is 2.53. The molecule has 1 spiro atoms. The molecule has 106 valence electrons. The van der Waals surface area contributed by atoms with Gasteiger partial charge in [0.25, 0.3) is 5.91 Å². The average Bonchev–Trinajstić information content (AvgIpc) is 2.64. The molecule has 20 heavy (non-hydrogen) atoms. The minimum atomic E-state index is -0.924. The zero-order valence-corrected chi connectivity index (χ0v) is 11.5. The van der Waals surface area contributed by atoms with E-state index in [1.54, 1.807) is 0 Å². The van der Waals surface area contributed by atoms with Crippen LogP contribution in [0.25, 0.3) is 0 Å². The van der Waals surface area contributed by atoms with E-state index in [1.807, 2.05) is 31.2 Å². The number of imide groups is 1. The summed E-state index contributed by atoms with van der Waals surface area (Å²) in [5.74, 6) is -0.189. The highest BCUT2D eigenvalue weighted by molar-refractivity contribution is 6.02. The van der Waals surface area contributed by atoms with Gasteiger partial charge in [0.15, 0.2) is 5.60 Å². The Hall–Kier alpha value is -1.88. The van der Waals surface area contributed by atoms with Crippen LogP contribution in [0.15, 0.2) is 24.3 Å². The minimum Gasteiger partial charge on any atom is -0.432 e. The summed E-state index contributed by atoms with van der Waals surface area (Å²) in [4.78, 5) is 25.8. The molecule has 2 amide bonds. The maximum absolute atomic E-state index is 12.5. The van der Waals surface area contributed by atoms with Gasteiger partial charge in [-0.3, -0.25) is 4.79 Å². The molecule has 1 N–H and O–H groups in total. The van der Waals surface area contributed by atoms with Crippen molar-refractivity contribution < 1.29 is 14.3 Å². The number of nitrogens with zero attached hydrogens (tertiary/aromatic N) is 1. The number of ether oxygens (including phenoxy) is 1. The van der Waals surface area contributed by atoms with Crippen molar-refractivity contribution in [2.45, 2.75) is 31.9 Å². The largest absolute Gasteiger partial charge is 0.432 e. The molecule has 2 heterocycles. The molecule has 2 saturated heterocycles. The van der Waals surface area contributed by atoms with E-state index in [4.69, 9.17) is 4.74 Å². The molecule has 0 saturated carbocycles. The van der Waals surface area contributed by atoms with Gasteiger partial charge < -0.3 is 10.1 Å². The molecule has 0 radical (unpaired) electrons. The number of benzene rings is 1. The molecule has 5 heteroatoms. The number of carbonyl (C=O) groups excluding carboxylic acids is 2. The Morgan fingerprint density at radius 2 is 2.05 bits per heavy atom. The number of carbonyl (C=O) groups is 2. The van der Waals surface area contributed by atoms with E-state index < -0.39 is 11.7 Å². The van der Waals surface area contributed by atoms with E-state index in [0.717, 1.165) is 11.1 Å². The maximum Gasteiger partial charge on any atom is 0.418 e. The summed E-state index contributed by atoms with van der Waals surface area (Å²) in [5, 5.41) is 3.18. The number of aryl methyl sites for hydroxylation is 1. The highest BCUT2D eigenvalue weighted by Crippen LogP contribution is 2.33. The molecular weight excluding hydrogens is 256 g/mol. The smallest absolute Gasteiger partial charge is 0.418 e. The summed E-state index contributed by atoms with van der Waals surface area (Å²) in [6.07, 6.45) is 0.599. The van der Waals surface area contributed by atoms with Crippen LogP contribution in [0, 0.1) is 6.92 Å². The van der Waals surface area contributed by atoms with Crippen molar-refractivity contribution in [2.75, 3.05) is 13.1 Å². The lowest BCUT2D eigenvalue weighted by Crippen LogP contribution is -2.48. The van der Waals surface area contributed by atoms with Crippen molar-refractivity contribution in [2.24, 2.45) is 0 Å². The van der Waals surface area contributed by atoms with E-state index in [1.165, 1.54) is 4.90 Å². The Labute approximate surface area is 117 Å². The van der Waals surface area contributed by atoms with E-state index in [0.29, 0.717) is 25.9 Å². The van der Waals surface area contributed by atoms with Gasteiger partial charge in [-0.1, -0.05) is 29.8 Å². The Morgan fingerprint density at radius 3 is 2.75 bits per heavy atom. The van der Waals surface area contributed by atoms with Gasteiger partial charge in [0.05, 0.1) is 6.54 Å². The van der Waals surface area contributed by atoms with Crippen LogP contribution in [0.1, 0.15) is 24.0 Å². The molecule has 2 aliphatic rings. The summed E-state index contributed by atoms with van der Waals surface area (Å²) >= 11 is 0. The molecule has 0 bridgehead atoms. The quantitative estimate of drug-likeness (QED) is 0.890. The number of hydrogen-bond acceptors (Lipinski definition) is 4. The second kappa shape index (κ2) is 4.90. The van der Waals surface area contributed by atoms with Crippen LogP contribution in [-0.2, 0) is 16.1 Å². The predicted molar refractivity (Wildman–Crippen MR) is 73.0 cm³/mol. The molecule has 0 aromatic heterocycles.